The molecule has 1 saturated heterocycles. The Labute approximate surface area is 132 Å². The number of nitrogens with one attached hydrogen (secondary N) is 1. The van der Waals surface area contributed by atoms with Gasteiger partial charge in [-0.25, -0.2) is 0 Å². The van der Waals surface area contributed by atoms with Crippen molar-refractivity contribution in [2.45, 2.75) is 44.8 Å². The van der Waals surface area contributed by atoms with Gasteiger partial charge in [0.2, 0.25) is 0 Å². The molecule has 1 aliphatic heterocycles. The number of carbonyl (C=O) groups excluding carboxylic acids is 1. The van der Waals surface area contributed by atoms with Gasteiger partial charge in [-0.15, -0.1) is 12.4 Å². The third-order valence-corrected chi connectivity index (χ3v) is 3.56. The Hall–Kier alpha value is -1.26. The maximum absolute atomic E-state index is 11.5. The number of carbonyl (C=O) groups is 1. The molecular weight excluding hydrogens is 290 g/mol. The molecule has 1 N–H and O–H groups in total. The molecule has 1 heterocycles. The van der Waals surface area contributed by atoms with Crippen LogP contribution in [0.4, 0.5) is 0 Å². The van der Waals surface area contributed by atoms with E-state index in [9.17, 15) is 4.79 Å². The zero-order valence-corrected chi connectivity index (χ0v) is 13.8. The van der Waals surface area contributed by atoms with E-state index in [1.54, 1.807) is 0 Å². The Kier molecular flexibility index (Phi) is 6.05. The van der Waals surface area contributed by atoms with Crippen LogP contribution in [0.1, 0.15) is 32.8 Å². The van der Waals surface area contributed by atoms with Gasteiger partial charge in [0.25, 0.3) is 0 Å². The number of ether oxygens (including phenoxy) is 2. The molecular formula is C16H24ClNO3. The number of benzene rings is 1. The van der Waals surface area contributed by atoms with Crippen molar-refractivity contribution >= 4 is 18.4 Å². The predicted octanol–water partition coefficient (Wildman–Crippen LogP) is 2.69. The van der Waals surface area contributed by atoms with Crippen molar-refractivity contribution in [3.8, 4) is 5.75 Å². The molecule has 0 aliphatic carbocycles. The maximum Gasteiger partial charge on any atom is 0.323 e. The van der Waals surface area contributed by atoms with Gasteiger partial charge >= 0.3 is 5.97 Å². The summed E-state index contributed by atoms with van der Waals surface area (Å²) in [6, 6.07) is 7.83. The largest absolute Gasteiger partial charge is 0.489 e. The van der Waals surface area contributed by atoms with E-state index in [4.69, 9.17) is 9.47 Å². The van der Waals surface area contributed by atoms with Gasteiger partial charge < -0.3 is 14.8 Å². The lowest BCUT2D eigenvalue weighted by Crippen LogP contribution is -2.31. The first-order chi connectivity index (χ1) is 9.41. The minimum Gasteiger partial charge on any atom is -0.489 e. The first kappa shape index (κ1) is 17.8. The highest BCUT2D eigenvalue weighted by Gasteiger charge is 2.32. The molecule has 0 saturated carbocycles. The highest BCUT2D eigenvalue weighted by Crippen LogP contribution is 2.32. The number of para-hydroxylation sites is 1. The molecule has 0 radical (unpaired) electrons. The van der Waals surface area contributed by atoms with Crippen LogP contribution >= 0.6 is 12.4 Å². The zero-order valence-electron chi connectivity index (χ0n) is 13.0. The molecule has 21 heavy (non-hydrogen) atoms. The molecule has 0 amide bonds. The van der Waals surface area contributed by atoms with Crippen LogP contribution in [0.15, 0.2) is 24.3 Å². The molecule has 5 heteroatoms. The lowest BCUT2D eigenvalue weighted by Gasteiger charge is -2.24. The minimum atomic E-state index is -0.258. The Morgan fingerprint density at radius 3 is 2.57 bits per heavy atom. The summed E-state index contributed by atoms with van der Waals surface area (Å²) in [7, 11) is 1.41. The van der Waals surface area contributed by atoms with E-state index in [1.807, 2.05) is 18.2 Å². The van der Waals surface area contributed by atoms with Gasteiger partial charge in [-0.1, -0.05) is 39.0 Å². The maximum atomic E-state index is 11.5. The summed E-state index contributed by atoms with van der Waals surface area (Å²) in [6.45, 7) is 7.16. The summed E-state index contributed by atoms with van der Waals surface area (Å²) in [6.07, 6.45) is 0.646. The second kappa shape index (κ2) is 7.14. The molecule has 118 valence electrons. The topological polar surface area (TPSA) is 47.6 Å². The number of esters is 1. The van der Waals surface area contributed by atoms with Gasteiger partial charge in [0.1, 0.15) is 17.9 Å². The summed E-state index contributed by atoms with van der Waals surface area (Å²) >= 11 is 0. The molecule has 1 aromatic carbocycles. The number of methoxy groups -OCH3 is 1. The normalized spacial score (nSPS) is 21.5. The van der Waals surface area contributed by atoms with Crippen LogP contribution in [0.25, 0.3) is 0 Å². The Bertz CT molecular complexity index is 485. The number of halogens is 1. The summed E-state index contributed by atoms with van der Waals surface area (Å²) < 4.78 is 10.8. The van der Waals surface area contributed by atoms with E-state index in [1.165, 1.54) is 12.7 Å². The van der Waals surface area contributed by atoms with Crippen molar-refractivity contribution in [3.05, 3.63) is 29.8 Å². The Morgan fingerprint density at radius 2 is 1.95 bits per heavy atom. The SMILES string of the molecule is COC(=O)[C@@H]1C[C@H](Oc2ccccc2C(C)(C)C)CN1.Cl. The summed E-state index contributed by atoms with van der Waals surface area (Å²) in [4.78, 5) is 11.5. The van der Waals surface area contributed by atoms with E-state index in [2.05, 4.69) is 32.2 Å². The van der Waals surface area contributed by atoms with E-state index >= 15 is 0 Å². The van der Waals surface area contributed by atoms with Crippen LogP contribution in [-0.2, 0) is 14.9 Å². The van der Waals surface area contributed by atoms with Crippen LogP contribution in [0.3, 0.4) is 0 Å². The Morgan fingerprint density at radius 1 is 1.29 bits per heavy atom. The summed E-state index contributed by atoms with van der Waals surface area (Å²) in [5, 5.41) is 3.14. The molecule has 0 bridgehead atoms. The van der Waals surface area contributed by atoms with E-state index in [-0.39, 0.29) is 35.9 Å². The molecule has 1 aliphatic rings. The number of hydrogen-bond acceptors (Lipinski definition) is 4. The number of rotatable bonds is 3. The molecule has 0 aromatic heterocycles. The number of hydrogen-bond donors (Lipinski definition) is 1. The molecule has 0 unspecified atom stereocenters. The third-order valence-electron chi connectivity index (χ3n) is 3.56. The van der Waals surface area contributed by atoms with Crippen LogP contribution in [-0.4, -0.2) is 31.8 Å². The minimum absolute atomic E-state index is 0. The summed E-state index contributed by atoms with van der Waals surface area (Å²) in [5.41, 5.74) is 1.21. The van der Waals surface area contributed by atoms with Gasteiger partial charge in [-0.05, 0) is 17.0 Å². The van der Waals surface area contributed by atoms with Crippen molar-refractivity contribution in [1.29, 1.82) is 0 Å². The molecule has 2 rings (SSSR count). The van der Waals surface area contributed by atoms with Crippen molar-refractivity contribution in [3.63, 3.8) is 0 Å². The highest BCUT2D eigenvalue weighted by molar-refractivity contribution is 5.85. The van der Waals surface area contributed by atoms with Crippen molar-refractivity contribution in [2.24, 2.45) is 0 Å². The first-order valence-electron chi connectivity index (χ1n) is 6.99. The highest BCUT2D eigenvalue weighted by atomic mass is 35.5. The molecule has 4 nitrogen and oxygen atoms in total. The fourth-order valence-corrected chi connectivity index (χ4v) is 2.48. The second-order valence-corrected chi connectivity index (χ2v) is 6.21. The fourth-order valence-electron chi connectivity index (χ4n) is 2.48. The first-order valence-corrected chi connectivity index (χ1v) is 6.99. The van der Waals surface area contributed by atoms with Crippen LogP contribution in [0.5, 0.6) is 5.75 Å². The lowest BCUT2D eigenvalue weighted by atomic mass is 9.86. The van der Waals surface area contributed by atoms with Crippen LogP contribution in [0, 0.1) is 0 Å². The second-order valence-electron chi connectivity index (χ2n) is 6.21. The van der Waals surface area contributed by atoms with E-state index in [0.29, 0.717) is 13.0 Å². The van der Waals surface area contributed by atoms with Crippen molar-refractivity contribution < 1.29 is 14.3 Å². The smallest absolute Gasteiger partial charge is 0.323 e. The third kappa shape index (κ3) is 4.35. The van der Waals surface area contributed by atoms with Crippen LogP contribution in [0.2, 0.25) is 0 Å². The molecule has 1 fully saturated rings. The van der Waals surface area contributed by atoms with Crippen molar-refractivity contribution in [1.82, 2.24) is 5.32 Å². The van der Waals surface area contributed by atoms with Gasteiger partial charge in [0.15, 0.2) is 0 Å². The Balaban J connectivity index is 0.00000220. The molecule has 0 spiro atoms. The standard InChI is InChI=1S/C16H23NO3.ClH/c1-16(2,3)12-7-5-6-8-14(12)20-11-9-13(17-10-11)15(18)19-4;/h5-8,11,13,17H,9-10H2,1-4H3;1H/t11-,13-;/m0./s1. The average molecular weight is 314 g/mol. The monoisotopic (exact) mass is 313 g/mol. The van der Waals surface area contributed by atoms with Gasteiger partial charge in [-0.3, -0.25) is 4.79 Å². The summed E-state index contributed by atoms with van der Waals surface area (Å²) in [5.74, 6) is 0.678. The van der Waals surface area contributed by atoms with E-state index < -0.39 is 0 Å². The average Bonchev–Trinajstić information content (AvgIpc) is 2.86. The molecule has 2 atom stereocenters. The predicted molar refractivity (Wildman–Crippen MR) is 85.2 cm³/mol. The van der Waals surface area contributed by atoms with Gasteiger partial charge in [0.05, 0.1) is 7.11 Å². The van der Waals surface area contributed by atoms with Crippen LogP contribution < -0.4 is 10.1 Å². The fraction of sp³-hybridized carbons (Fsp3) is 0.562. The quantitative estimate of drug-likeness (QED) is 0.872. The van der Waals surface area contributed by atoms with Gasteiger partial charge in [0, 0.05) is 13.0 Å². The lowest BCUT2D eigenvalue weighted by molar-refractivity contribution is -0.142. The van der Waals surface area contributed by atoms with Gasteiger partial charge in [-0.2, -0.15) is 0 Å². The zero-order chi connectivity index (χ0) is 14.8. The molecule has 1 aromatic rings. The van der Waals surface area contributed by atoms with Crippen molar-refractivity contribution in [2.75, 3.05) is 13.7 Å². The van der Waals surface area contributed by atoms with E-state index in [0.717, 1.165) is 5.75 Å².